The van der Waals surface area contributed by atoms with Gasteiger partial charge >= 0.3 is 0 Å². The van der Waals surface area contributed by atoms with Crippen LogP contribution in [0.4, 0.5) is 0 Å². The van der Waals surface area contributed by atoms with Crippen LogP contribution in [0.5, 0.6) is 0 Å². The molecule has 0 bridgehead atoms. The zero-order valence-corrected chi connectivity index (χ0v) is 17.4. The molecule has 29 heavy (non-hydrogen) atoms. The molecular weight excluding hydrogens is 386 g/mol. The Balaban J connectivity index is 1.26. The Morgan fingerprint density at radius 2 is 2.07 bits per heavy atom. The summed E-state index contributed by atoms with van der Waals surface area (Å²) in [6.07, 6.45) is 8.37. The largest absolute Gasteiger partial charge is 0.388 e. The third-order valence-corrected chi connectivity index (χ3v) is 6.93. The second-order valence-corrected chi connectivity index (χ2v) is 8.82. The molecule has 7 nitrogen and oxygen atoms in total. The van der Waals surface area contributed by atoms with E-state index in [2.05, 4.69) is 19.9 Å². The lowest BCUT2D eigenvalue weighted by Crippen LogP contribution is -2.38. The number of rotatable bonds is 7. The average Bonchev–Trinajstić information content (AvgIpc) is 3.30. The van der Waals surface area contributed by atoms with Gasteiger partial charge < -0.3 is 19.6 Å². The first kappa shape index (κ1) is 20.0. The highest BCUT2D eigenvalue weighted by Crippen LogP contribution is 2.32. The van der Waals surface area contributed by atoms with E-state index in [9.17, 15) is 9.90 Å². The highest BCUT2D eigenvalue weighted by Gasteiger charge is 2.24. The van der Waals surface area contributed by atoms with Crippen LogP contribution in [-0.2, 0) is 25.0 Å². The molecule has 0 saturated heterocycles. The van der Waals surface area contributed by atoms with E-state index in [-0.39, 0.29) is 18.6 Å². The van der Waals surface area contributed by atoms with E-state index < -0.39 is 0 Å². The van der Waals surface area contributed by atoms with Crippen LogP contribution in [0.2, 0.25) is 0 Å². The Morgan fingerprint density at radius 1 is 1.28 bits per heavy atom. The van der Waals surface area contributed by atoms with E-state index >= 15 is 0 Å². The van der Waals surface area contributed by atoms with Crippen LogP contribution >= 0.6 is 11.8 Å². The fraction of sp³-hybridized carbons (Fsp3) is 0.476. The van der Waals surface area contributed by atoms with E-state index in [0.717, 1.165) is 41.9 Å². The van der Waals surface area contributed by atoms with Gasteiger partial charge in [0.15, 0.2) is 5.16 Å². The number of thioether (sulfide) groups is 1. The second-order valence-electron chi connectivity index (χ2n) is 7.56. The summed E-state index contributed by atoms with van der Waals surface area (Å²) in [7, 11) is 2.02. The average molecular weight is 414 g/mol. The van der Waals surface area contributed by atoms with E-state index in [0.29, 0.717) is 24.0 Å². The van der Waals surface area contributed by atoms with Crippen LogP contribution in [0.15, 0.2) is 41.8 Å². The molecule has 8 heteroatoms. The molecular formula is C21H27N5O2S. The summed E-state index contributed by atoms with van der Waals surface area (Å²) in [6.45, 7) is 0.389. The Hall–Kier alpha value is -2.32. The van der Waals surface area contributed by atoms with Crippen molar-refractivity contribution in [1.82, 2.24) is 24.4 Å². The van der Waals surface area contributed by atoms with Gasteiger partial charge in [0.1, 0.15) is 12.4 Å². The van der Waals surface area contributed by atoms with Crippen molar-refractivity contribution >= 4 is 28.7 Å². The molecule has 0 spiro atoms. The molecule has 154 valence electrons. The van der Waals surface area contributed by atoms with Crippen LogP contribution in [0, 0.1) is 0 Å². The van der Waals surface area contributed by atoms with E-state index in [4.69, 9.17) is 0 Å². The summed E-state index contributed by atoms with van der Waals surface area (Å²) in [4.78, 5) is 21.3. The molecule has 0 aliphatic heterocycles. The molecule has 1 aliphatic rings. The molecule has 1 aromatic carbocycles. The Bertz CT molecular complexity index is 975. The standard InChI is InChI=1S/C21H27N5O2S/c1-25-13-11-22-21(25)29-16-8-6-15(7-9-16)23-20(28)10-12-26-18-5-3-2-4-17(18)24-19(26)14-27/h2-5,11,13,15-16,27H,6-10,12,14H2,1H3,(H,23,28). The molecule has 1 fully saturated rings. The smallest absolute Gasteiger partial charge is 0.222 e. The third-order valence-electron chi connectivity index (χ3n) is 5.53. The van der Waals surface area contributed by atoms with Gasteiger partial charge in [-0.15, -0.1) is 0 Å². The first-order valence-corrected chi connectivity index (χ1v) is 11.0. The summed E-state index contributed by atoms with van der Waals surface area (Å²) >= 11 is 1.84. The number of hydrogen-bond donors (Lipinski definition) is 2. The monoisotopic (exact) mass is 413 g/mol. The molecule has 0 atom stereocenters. The van der Waals surface area contributed by atoms with Crippen molar-refractivity contribution in [2.75, 3.05) is 0 Å². The zero-order chi connectivity index (χ0) is 20.2. The topological polar surface area (TPSA) is 85.0 Å². The maximum Gasteiger partial charge on any atom is 0.222 e. The summed E-state index contributed by atoms with van der Waals surface area (Å²) < 4.78 is 3.99. The Morgan fingerprint density at radius 3 is 2.79 bits per heavy atom. The first-order valence-electron chi connectivity index (χ1n) is 10.1. The minimum Gasteiger partial charge on any atom is -0.388 e. The van der Waals surface area contributed by atoms with Gasteiger partial charge in [0.2, 0.25) is 5.91 Å². The number of nitrogens with one attached hydrogen (secondary N) is 1. The van der Waals surface area contributed by atoms with Crippen molar-refractivity contribution in [3.05, 3.63) is 42.5 Å². The predicted molar refractivity (Wildman–Crippen MR) is 114 cm³/mol. The lowest BCUT2D eigenvalue weighted by Gasteiger charge is -2.28. The van der Waals surface area contributed by atoms with E-state index in [1.54, 1.807) is 0 Å². The third kappa shape index (κ3) is 4.64. The number of carbonyl (C=O) groups is 1. The lowest BCUT2D eigenvalue weighted by atomic mass is 9.95. The van der Waals surface area contributed by atoms with Gasteiger partial charge in [-0.25, -0.2) is 9.97 Å². The van der Waals surface area contributed by atoms with Gasteiger partial charge in [-0.3, -0.25) is 4.79 Å². The minimum atomic E-state index is -0.131. The van der Waals surface area contributed by atoms with Crippen LogP contribution in [0.3, 0.4) is 0 Å². The lowest BCUT2D eigenvalue weighted by molar-refractivity contribution is -0.122. The Labute approximate surface area is 174 Å². The highest BCUT2D eigenvalue weighted by atomic mass is 32.2. The zero-order valence-electron chi connectivity index (χ0n) is 16.6. The predicted octanol–water partition coefficient (Wildman–Crippen LogP) is 2.87. The van der Waals surface area contributed by atoms with Gasteiger partial charge in [0.25, 0.3) is 0 Å². The number of aryl methyl sites for hydroxylation is 2. The number of benzene rings is 1. The van der Waals surface area contributed by atoms with Crippen molar-refractivity contribution in [2.24, 2.45) is 7.05 Å². The molecule has 0 radical (unpaired) electrons. The fourth-order valence-corrected chi connectivity index (χ4v) is 5.10. The number of aromatic nitrogens is 4. The molecule has 2 N–H and O–H groups in total. The normalized spacial score (nSPS) is 19.5. The number of nitrogens with zero attached hydrogens (tertiary/aromatic N) is 4. The molecule has 3 aromatic rings. The van der Waals surface area contributed by atoms with Crippen LogP contribution in [0.25, 0.3) is 11.0 Å². The maximum atomic E-state index is 12.5. The Kier molecular flexibility index (Phi) is 6.20. The van der Waals surface area contributed by atoms with Crippen molar-refractivity contribution in [3.63, 3.8) is 0 Å². The number of hydrogen-bond acceptors (Lipinski definition) is 5. The van der Waals surface area contributed by atoms with E-state index in [1.807, 2.05) is 60.0 Å². The number of imidazole rings is 2. The first-order chi connectivity index (χ1) is 14.1. The summed E-state index contributed by atoms with van der Waals surface area (Å²) in [5.74, 6) is 0.665. The quantitative estimate of drug-likeness (QED) is 0.622. The molecule has 2 heterocycles. The second kappa shape index (κ2) is 9.00. The number of amides is 1. The van der Waals surface area contributed by atoms with Gasteiger partial charge in [0, 0.05) is 43.7 Å². The number of fused-ring (bicyclic) bond motifs is 1. The van der Waals surface area contributed by atoms with Crippen LogP contribution in [-0.4, -0.2) is 41.4 Å². The number of carbonyl (C=O) groups excluding carboxylic acids is 1. The molecule has 1 amide bonds. The van der Waals surface area contributed by atoms with E-state index in [1.165, 1.54) is 0 Å². The van der Waals surface area contributed by atoms with Crippen molar-refractivity contribution in [1.29, 1.82) is 0 Å². The number of aliphatic hydroxyl groups is 1. The van der Waals surface area contributed by atoms with Gasteiger partial charge in [0.05, 0.1) is 11.0 Å². The number of aliphatic hydroxyl groups excluding tert-OH is 1. The molecule has 0 unspecified atom stereocenters. The van der Waals surface area contributed by atoms with Gasteiger partial charge in [-0.05, 0) is 37.8 Å². The maximum absolute atomic E-state index is 12.5. The highest BCUT2D eigenvalue weighted by molar-refractivity contribution is 7.99. The fourth-order valence-electron chi connectivity index (χ4n) is 3.95. The van der Waals surface area contributed by atoms with Gasteiger partial charge in [-0.1, -0.05) is 23.9 Å². The summed E-state index contributed by atoms with van der Waals surface area (Å²) in [6, 6.07) is 8.02. The van der Waals surface area contributed by atoms with Crippen molar-refractivity contribution < 1.29 is 9.90 Å². The molecule has 1 aliphatic carbocycles. The molecule has 1 saturated carbocycles. The van der Waals surface area contributed by atoms with Crippen molar-refractivity contribution in [2.45, 2.75) is 61.7 Å². The molecule has 2 aromatic heterocycles. The van der Waals surface area contributed by atoms with Crippen LogP contribution in [0.1, 0.15) is 37.9 Å². The summed E-state index contributed by atoms with van der Waals surface area (Å²) in [5, 5.41) is 14.4. The van der Waals surface area contributed by atoms with Gasteiger partial charge in [-0.2, -0.15) is 0 Å². The van der Waals surface area contributed by atoms with Crippen LogP contribution < -0.4 is 5.32 Å². The SMILES string of the molecule is Cn1ccnc1SC1CCC(NC(=O)CCn2c(CO)nc3ccccc32)CC1. The minimum absolute atomic E-state index is 0.0619. The number of para-hydroxylation sites is 2. The molecule has 4 rings (SSSR count). The summed E-state index contributed by atoms with van der Waals surface area (Å²) in [5.41, 5.74) is 1.80. The van der Waals surface area contributed by atoms with Crippen molar-refractivity contribution in [3.8, 4) is 0 Å².